The van der Waals surface area contributed by atoms with Gasteiger partial charge in [0.1, 0.15) is 6.10 Å². The van der Waals surface area contributed by atoms with E-state index >= 15 is 0 Å². The SMILES string of the molecule is CCC/C=C\CCCCCC(CC(=O)NC(CO)C(O)CCCCCCCCCCCCCCCCC)OC(=O)CCCCCCC/C=C\CCCCC. The van der Waals surface area contributed by atoms with Gasteiger partial charge in [-0.3, -0.25) is 9.59 Å². The summed E-state index contributed by atoms with van der Waals surface area (Å²) in [5.41, 5.74) is 0. The topological polar surface area (TPSA) is 95.9 Å². The van der Waals surface area contributed by atoms with Crippen molar-refractivity contribution in [3.63, 3.8) is 0 Å². The molecule has 3 N–H and O–H groups in total. The lowest BCUT2D eigenvalue weighted by molar-refractivity contribution is -0.151. The standard InChI is InChI=1S/C48H91NO5/c1-4-7-10-13-16-19-21-23-24-25-26-28-31-34-37-40-46(51)45(43-50)49-47(52)42-44(39-36-33-30-18-15-12-9-6-3)54-48(53)41-38-35-32-29-27-22-20-17-14-11-8-5-2/h12,15,17,20,44-46,50-51H,4-11,13-14,16,18-19,21-43H2,1-3H3,(H,49,52)/b15-12-,20-17-. The first kappa shape index (κ1) is 52.3. The summed E-state index contributed by atoms with van der Waals surface area (Å²) >= 11 is 0. The molecule has 0 aromatic carbocycles. The summed E-state index contributed by atoms with van der Waals surface area (Å²) in [4.78, 5) is 25.9. The summed E-state index contributed by atoms with van der Waals surface area (Å²) in [7, 11) is 0. The van der Waals surface area contributed by atoms with Crippen LogP contribution in [-0.4, -0.2) is 46.9 Å². The molecule has 1 amide bonds. The van der Waals surface area contributed by atoms with Gasteiger partial charge in [0.05, 0.1) is 25.2 Å². The Kier molecular flexibility index (Phi) is 41.2. The van der Waals surface area contributed by atoms with Gasteiger partial charge >= 0.3 is 5.97 Å². The predicted octanol–water partition coefficient (Wildman–Crippen LogP) is 13.6. The Morgan fingerprint density at radius 1 is 0.519 bits per heavy atom. The maximum absolute atomic E-state index is 13.1. The van der Waals surface area contributed by atoms with Gasteiger partial charge in [-0.15, -0.1) is 0 Å². The second kappa shape index (κ2) is 42.5. The number of rotatable bonds is 42. The van der Waals surface area contributed by atoms with Crippen LogP contribution in [0.1, 0.15) is 245 Å². The second-order valence-electron chi connectivity index (χ2n) is 16.2. The smallest absolute Gasteiger partial charge is 0.306 e. The van der Waals surface area contributed by atoms with Crippen molar-refractivity contribution in [1.82, 2.24) is 5.32 Å². The largest absolute Gasteiger partial charge is 0.462 e. The minimum Gasteiger partial charge on any atom is -0.462 e. The molecule has 0 aliphatic heterocycles. The molecule has 318 valence electrons. The van der Waals surface area contributed by atoms with Crippen molar-refractivity contribution in [3.8, 4) is 0 Å². The highest BCUT2D eigenvalue weighted by molar-refractivity contribution is 5.77. The fourth-order valence-electron chi connectivity index (χ4n) is 7.13. The normalized spacial score (nSPS) is 13.5. The Labute approximate surface area is 335 Å². The molecule has 0 heterocycles. The minimum absolute atomic E-state index is 0.0658. The predicted molar refractivity (Wildman–Crippen MR) is 232 cm³/mol. The number of unbranched alkanes of at least 4 members (excludes halogenated alkanes) is 26. The highest BCUT2D eigenvalue weighted by Gasteiger charge is 2.24. The van der Waals surface area contributed by atoms with Gasteiger partial charge in [0.15, 0.2) is 0 Å². The Hall–Kier alpha value is -1.66. The number of amides is 1. The Morgan fingerprint density at radius 3 is 1.44 bits per heavy atom. The average molecular weight is 762 g/mol. The van der Waals surface area contributed by atoms with Crippen LogP contribution in [0.2, 0.25) is 0 Å². The van der Waals surface area contributed by atoms with E-state index in [1.54, 1.807) is 0 Å². The first-order valence-corrected chi connectivity index (χ1v) is 23.6. The zero-order valence-corrected chi connectivity index (χ0v) is 36.1. The maximum Gasteiger partial charge on any atom is 0.306 e. The number of carbonyl (C=O) groups excluding carboxylic acids is 2. The molecule has 54 heavy (non-hydrogen) atoms. The highest BCUT2D eigenvalue weighted by Crippen LogP contribution is 2.17. The van der Waals surface area contributed by atoms with Crippen LogP contribution in [0.4, 0.5) is 0 Å². The van der Waals surface area contributed by atoms with Crippen LogP contribution in [0.15, 0.2) is 24.3 Å². The number of ether oxygens (including phenoxy) is 1. The zero-order chi connectivity index (χ0) is 39.6. The third kappa shape index (κ3) is 37.3. The second-order valence-corrected chi connectivity index (χ2v) is 16.2. The molecule has 0 aromatic rings. The maximum atomic E-state index is 13.1. The molecule has 3 unspecified atom stereocenters. The van der Waals surface area contributed by atoms with Crippen LogP contribution in [0.3, 0.4) is 0 Å². The molecule has 0 aromatic heterocycles. The lowest BCUT2D eigenvalue weighted by Crippen LogP contribution is -2.46. The molecule has 0 rings (SSSR count). The first-order valence-electron chi connectivity index (χ1n) is 23.6. The lowest BCUT2D eigenvalue weighted by atomic mass is 10.0. The van der Waals surface area contributed by atoms with Crippen LogP contribution in [0.5, 0.6) is 0 Å². The number of aliphatic hydroxyl groups is 2. The van der Waals surface area contributed by atoms with Gasteiger partial charge in [0, 0.05) is 6.42 Å². The minimum atomic E-state index is -0.787. The highest BCUT2D eigenvalue weighted by atomic mass is 16.5. The lowest BCUT2D eigenvalue weighted by Gasteiger charge is -2.24. The molecule has 0 aliphatic carbocycles. The van der Waals surface area contributed by atoms with Gasteiger partial charge in [-0.25, -0.2) is 0 Å². The van der Waals surface area contributed by atoms with Crippen molar-refractivity contribution in [1.29, 1.82) is 0 Å². The van der Waals surface area contributed by atoms with E-state index in [1.807, 2.05) is 0 Å². The van der Waals surface area contributed by atoms with Crippen molar-refractivity contribution in [2.75, 3.05) is 6.61 Å². The third-order valence-electron chi connectivity index (χ3n) is 10.7. The van der Waals surface area contributed by atoms with Gasteiger partial charge in [0.2, 0.25) is 5.91 Å². The van der Waals surface area contributed by atoms with E-state index in [0.29, 0.717) is 19.3 Å². The average Bonchev–Trinajstić information content (AvgIpc) is 3.16. The zero-order valence-electron chi connectivity index (χ0n) is 36.1. The van der Waals surface area contributed by atoms with E-state index in [9.17, 15) is 19.8 Å². The summed E-state index contributed by atoms with van der Waals surface area (Å²) in [5, 5.41) is 23.6. The van der Waals surface area contributed by atoms with E-state index in [0.717, 1.165) is 77.0 Å². The van der Waals surface area contributed by atoms with Gasteiger partial charge in [0.25, 0.3) is 0 Å². The van der Waals surface area contributed by atoms with E-state index in [2.05, 4.69) is 50.4 Å². The van der Waals surface area contributed by atoms with Crippen LogP contribution in [0.25, 0.3) is 0 Å². The Bertz CT molecular complexity index is 858. The number of nitrogens with one attached hydrogen (secondary N) is 1. The molecule has 6 nitrogen and oxygen atoms in total. The van der Waals surface area contributed by atoms with Crippen LogP contribution < -0.4 is 5.32 Å². The summed E-state index contributed by atoms with van der Waals surface area (Å²) in [6.07, 6.45) is 46.7. The molecule has 3 atom stereocenters. The van der Waals surface area contributed by atoms with Gasteiger partial charge in [-0.2, -0.15) is 0 Å². The molecule has 0 saturated carbocycles. The van der Waals surface area contributed by atoms with Crippen molar-refractivity contribution < 1.29 is 24.5 Å². The summed E-state index contributed by atoms with van der Waals surface area (Å²) < 4.78 is 5.87. The van der Waals surface area contributed by atoms with E-state index < -0.39 is 18.2 Å². The molecule has 0 bridgehead atoms. The number of allylic oxidation sites excluding steroid dienone is 4. The van der Waals surface area contributed by atoms with Crippen LogP contribution in [0, 0.1) is 0 Å². The molecule has 0 saturated heterocycles. The Morgan fingerprint density at radius 2 is 0.926 bits per heavy atom. The number of hydrogen-bond acceptors (Lipinski definition) is 5. The third-order valence-corrected chi connectivity index (χ3v) is 10.7. The van der Waals surface area contributed by atoms with Crippen molar-refractivity contribution in [2.24, 2.45) is 0 Å². The summed E-state index contributed by atoms with van der Waals surface area (Å²) in [6, 6.07) is -0.702. The van der Waals surface area contributed by atoms with Crippen molar-refractivity contribution in [3.05, 3.63) is 24.3 Å². The molecule has 6 heteroatoms. The molecule has 0 fully saturated rings. The Balaban J connectivity index is 4.44. The van der Waals surface area contributed by atoms with Gasteiger partial charge in [-0.1, -0.05) is 186 Å². The fraction of sp³-hybridized carbons (Fsp3) is 0.875. The number of esters is 1. The van der Waals surface area contributed by atoms with Gasteiger partial charge in [-0.05, 0) is 70.6 Å². The molecule has 0 spiro atoms. The van der Waals surface area contributed by atoms with Crippen molar-refractivity contribution in [2.45, 2.75) is 264 Å². The monoisotopic (exact) mass is 762 g/mol. The van der Waals surface area contributed by atoms with E-state index in [1.165, 1.54) is 122 Å². The fourth-order valence-corrected chi connectivity index (χ4v) is 7.13. The summed E-state index contributed by atoms with van der Waals surface area (Å²) in [5.74, 6) is -0.499. The molecular formula is C48H91NO5. The quantitative estimate of drug-likeness (QED) is 0.0327. The van der Waals surface area contributed by atoms with Crippen molar-refractivity contribution >= 4 is 11.9 Å². The first-order chi connectivity index (χ1) is 26.5. The van der Waals surface area contributed by atoms with Gasteiger partial charge < -0.3 is 20.3 Å². The molecular weight excluding hydrogens is 671 g/mol. The molecule has 0 aliphatic rings. The van der Waals surface area contributed by atoms with Crippen LogP contribution in [-0.2, 0) is 14.3 Å². The number of carbonyl (C=O) groups is 2. The number of aliphatic hydroxyl groups excluding tert-OH is 2. The van der Waals surface area contributed by atoms with E-state index in [-0.39, 0.29) is 24.9 Å². The van der Waals surface area contributed by atoms with Crippen LogP contribution >= 0.6 is 0 Å². The van der Waals surface area contributed by atoms with E-state index in [4.69, 9.17) is 4.74 Å². The number of hydrogen-bond donors (Lipinski definition) is 3. The molecule has 0 radical (unpaired) electrons. The summed E-state index contributed by atoms with van der Waals surface area (Å²) in [6.45, 7) is 6.38.